The topological polar surface area (TPSA) is 40.6 Å². The summed E-state index contributed by atoms with van der Waals surface area (Å²) >= 11 is 0. The van der Waals surface area contributed by atoms with Gasteiger partial charge in [-0.2, -0.15) is 0 Å². The van der Waals surface area contributed by atoms with E-state index >= 15 is 0 Å². The van der Waals surface area contributed by atoms with Gasteiger partial charge in [0.2, 0.25) is 5.91 Å². The van der Waals surface area contributed by atoms with Gasteiger partial charge in [0.15, 0.2) is 0 Å². The van der Waals surface area contributed by atoms with Crippen molar-refractivity contribution in [2.75, 3.05) is 33.2 Å². The lowest BCUT2D eigenvalue weighted by atomic mass is 9.77. The monoisotopic (exact) mass is 392 g/mol. The number of rotatable bonds is 2. The smallest absolute Gasteiger partial charge is 0.272 e. The van der Waals surface area contributed by atoms with Crippen LogP contribution in [0.1, 0.15) is 74.7 Å². The maximum absolute atomic E-state index is 14.1. The van der Waals surface area contributed by atoms with Gasteiger partial charge in [0.05, 0.1) is 6.54 Å². The number of hydrogen-bond donors (Lipinski definition) is 0. The molecule has 2 aliphatic rings. The van der Waals surface area contributed by atoms with E-state index in [-0.39, 0.29) is 18.7 Å². The second-order valence-corrected chi connectivity index (χ2v) is 6.78. The van der Waals surface area contributed by atoms with Crippen molar-refractivity contribution in [3.63, 3.8) is 0 Å². The van der Waals surface area contributed by atoms with Gasteiger partial charge in [-0.1, -0.05) is 48.5 Å². The molecule has 1 unspecified atom stereocenters. The molecule has 27 heavy (non-hydrogen) atoms. The molecule has 2 saturated heterocycles. The minimum atomic E-state index is -2.97. The number of halogens is 2. The number of likely N-dealkylation sites (tertiary alicyclic amines) is 2. The summed E-state index contributed by atoms with van der Waals surface area (Å²) < 4.78 is 28.1. The van der Waals surface area contributed by atoms with E-state index in [9.17, 15) is 18.4 Å². The van der Waals surface area contributed by atoms with E-state index in [1.54, 1.807) is 18.9 Å². The average molecular weight is 393 g/mol. The van der Waals surface area contributed by atoms with Crippen molar-refractivity contribution in [2.45, 2.75) is 80.6 Å². The molecule has 4 nitrogen and oxygen atoms in total. The lowest BCUT2D eigenvalue weighted by Gasteiger charge is -2.42. The Morgan fingerprint density at radius 1 is 0.926 bits per heavy atom. The quantitative estimate of drug-likeness (QED) is 0.673. The molecule has 2 aliphatic heterocycles. The Balaban J connectivity index is 0. The second kappa shape index (κ2) is 13.2. The minimum absolute atomic E-state index is 0.110. The average Bonchev–Trinajstić information content (AvgIpc) is 2.66. The number of nitrogens with zero attached hydrogens (tertiary/aromatic N) is 2. The highest BCUT2D eigenvalue weighted by atomic mass is 19.3. The molecule has 1 atom stereocenters. The maximum atomic E-state index is 14.1. The Hall–Kier alpha value is -1.04. The SMILES string of the molecule is CC.CC.CC.CC(=O)C1(C)CCN(C(=O)C2CCN(C)CC2(F)F)CC1. The first-order valence-electron chi connectivity index (χ1n) is 10.5. The van der Waals surface area contributed by atoms with E-state index < -0.39 is 23.2 Å². The fraction of sp³-hybridized carbons (Fsp3) is 0.905. The van der Waals surface area contributed by atoms with Gasteiger partial charge in [0.1, 0.15) is 11.7 Å². The summed E-state index contributed by atoms with van der Waals surface area (Å²) in [6.07, 6.45) is 1.32. The van der Waals surface area contributed by atoms with E-state index in [1.807, 2.05) is 48.5 Å². The normalized spacial score (nSPS) is 23.4. The number of carbonyl (C=O) groups is 2. The third-order valence-electron chi connectivity index (χ3n) is 5.12. The molecular formula is C21H42F2N2O2. The van der Waals surface area contributed by atoms with Crippen LogP contribution in [0.3, 0.4) is 0 Å². The van der Waals surface area contributed by atoms with E-state index in [1.165, 1.54) is 4.90 Å². The highest BCUT2D eigenvalue weighted by Gasteiger charge is 2.49. The van der Waals surface area contributed by atoms with Crippen LogP contribution in [0.15, 0.2) is 0 Å². The molecule has 0 aliphatic carbocycles. The van der Waals surface area contributed by atoms with Crippen molar-refractivity contribution in [1.29, 1.82) is 0 Å². The zero-order valence-corrected chi connectivity index (χ0v) is 19.0. The van der Waals surface area contributed by atoms with Crippen molar-refractivity contribution in [3.8, 4) is 0 Å². The van der Waals surface area contributed by atoms with Crippen molar-refractivity contribution in [2.24, 2.45) is 11.3 Å². The highest BCUT2D eigenvalue weighted by molar-refractivity contribution is 5.83. The van der Waals surface area contributed by atoms with Crippen molar-refractivity contribution in [3.05, 3.63) is 0 Å². The third-order valence-corrected chi connectivity index (χ3v) is 5.12. The van der Waals surface area contributed by atoms with Crippen molar-refractivity contribution in [1.82, 2.24) is 9.80 Å². The van der Waals surface area contributed by atoms with Crippen LogP contribution < -0.4 is 0 Å². The molecule has 0 aromatic heterocycles. The second-order valence-electron chi connectivity index (χ2n) is 6.78. The standard InChI is InChI=1S/C15H24F2N2O2.3C2H6/c1-11(20)14(2)5-8-19(9-6-14)13(21)12-4-7-18(3)10-15(12,16)17;3*1-2/h12H,4-10H2,1-3H3;3*1-2H3. The van der Waals surface area contributed by atoms with Gasteiger partial charge >= 0.3 is 0 Å². The lowest BCUT2D eigenvalue weighted by Crippen LogP contribution is -2.55. The maximum Gasteiger partial charge on any atom is 0.272 e. The molecule has 0 aromatic rings. The molecule has 6 heteroatoms. The molecule has 1 amide bonds. The number of carbonyl (C=O) groups excluding carboxylic acids is 2. The fourth-order valence-corrected chi connectivity index (χ4v) is 3.21. The predicted molar refractivity (Wildman–Crippen MR) is 109 cm³/mol. The van der Waals surface area contributed by atoms with Gasteiger partial charge < -0.3 is 9.80 Å². The summed E-state index contributed by atoms with van der Waals surface area (Å²) in [5.74, 6) is -4.51. The van der Waals surface area contributed by atoms with Crippen molar-refractivity contribution >= 4 is 11.7 Å². The number of amides is 1. The Labute approximate surface area is 165 Å². The van der Waals surface area contributed by atoms with E-state index in [0.29, 0.717) is 32.5 Å². The highest BCUT2D eigenvalue weighted by Crippen LogP contribution is 2.37. The summed E-state index contributed by atoms with van der Waals surface area (Å²) in [7, 11) is 1.65. The molecule has 0 aromatic carbocycles. The summed E-state index contributed by atoms with van der Waals surface area (Å²) in [6, 6.07) is 0. The minimum Gasteiger partial charge on any atom is -0.342 e. The Bertz CT molecular complexity index is 434. The van der Waals surface area contributed by atoms with Gasteiger partial charge in [-0.15, -0.1) is 0 Å². The van der Waals surface area contributed by atoms with Gasteiger partial charge in [0, 0.05) is 18.5 Å². The molecule has 0 saturated carbocycles. The Morgan fingerprint density at radius 3 is 1.74 bits per heavy atom. The largest absolute Gasteiger partial charge is 0.342 e. The van der Waals surface area contributed by atoms with Gasteiger partial charge in [-0.3, -0.25) is 9.59 Å². The molecule has 0 spiro atoms. The number of Topliss-reactive ketones (excluding diaryl/α,β-unsaturated/α-hetero) is 1. The summed E-state index contributed by atoms with van der Waals surface area (Å²) in [6.45, 7) is 16.4. The van der Waals surface area contributed by atoms with Crippen molar-refractivity contribution < 1.29 is 18.4 Å². The van der Waals surface area contributed by atoms with Crippen LogP contribution in [0, 0.1) is 11.3 Å². The van der Waals surface area contributed by atoms with Crippen LogP contribution in [0.25, 0.3) is 0 Å². The first-order valence-corrected chi connectivity index (χ1v) is 10.5. The van der Waals surface area contributed by atoms with Crippen LogP contribution in [0.5, 0.6) is 0 Å². The van der Waals surface area contributed by atoms with Gasteiger partial charge in [-0.05, 0) is 39.8 Å². The zero-order valence-electron chi connectivity index (χ0n) is 19.0. The number of piperidine rings is 2. The number of ketones is 1. The third kappa shape index (κ3) is 7.84. The van der Waals surface area contributed by atoms with Crippen LogP contribution in [-0.2, 0) is 9.59 Å². The number of hydrogen-bond acceptors (Lipinski definition) is 3. The summed E-state index contributed by atoms with van der Waals surface area (Å²) in [5.41, 5.74) is -0.411. The van der Waals surface area contributed by atoms with Crippen LogP contribution in [0.2, 0.25) is 0 Å². The van der Waals surface area contributed by atoms with Gasteiger partial charge in [-0.25, -0.2) is 8.78 Å². The van der Waals surface area contributed by atoms with Gasteiger partial charge in [0.25, 0.3) is 5.92 Å². The molecular weight excluding hydrogens is 350 g/mol. The molecule has 0 radical (unpaired) electrons. The van der Waals surface area contributed by atoms with Crippen LogP contribution >= 0.6 is 0 Å². The summed E-state index contributed by atoms with van der Waals surface area (Å²) in [5, 5.41) is 0. The van der Waals surface area contributed by atoms with E-state index in [0.717, 1.165) is 0 Å². The Kier molecular flexibility index (Phi) is 13.8. The predicted octanol–water partition coefficient (Wildman–Crippen LogP) is 4.87. The first kappa shape index (κ1) is 28.2. The van der Waals surface area contributed by atoms with Crippen LogP contribution in [-0.4, -0.2) is 60.6 Å². The lowest BCUT2D eigenvalue weighted by molar-refractivity contribution is -0.162. The molecule has 0 N–H and O–H groups in total. The molecule has 2 rings (SSSR count). The molecule has 2 fully saturated rings. The number of alkyl halides is 2. The van der Waals surface area contributed by atoms with E-state index in [4.69, 9.17) is 0 Å². The molecule has 0 bridgehead atoms. The zero-order chi connectivity index (χ0) is 21.8. The summed E-state index contributed by atoms with van der Waals surface area (Å²) in [4.78, 5) is 27.1. The Morgan fingerprint density at radius 2 is 1.37 bits per heavy atom. The van der Waals surface area contributed by atoms with E-state index in [2.05, 4.69) is 0 Å². The fourth-order valence-electron chi connectivity index (χ4n) is 3.21. The molecule has 162 valence electrons. The van der Waals surface area contributed by atoms with Crippen LogP contribution in [0.4, 0.5) is 8.78 Å². The molecule has 2 heterocycles. The first-order chi connectivity index (χ1) is 12.7.